The molecule has 0 saturated heterocycles. The maximum Gasteiger partial charge on any atom is 0.118 e. The Balaban J connectivity index is 2.51. The summed E-state index contributed by atoms with van der Waals surface area (Å²) in [5.41, 5.74) is -0.0232. The summed E-state index contributed by atoms with van der Waals surface area (Å²) in [4.78, 5) is 1.21. The van der Waals surface area contributed by atoms with Crippen LogP contribution in [0, 0.1) is 5.41 Å². The molecule has 0 saturated carbocycles. The topological polar surface area (TPSA) is 29.5 Å². The largest absolute Gasteiger partial charge is 0.497 e. The summed E-state index contributed by atoms with van der Waals surface area (Å²) < 4.78 is 5.09. The Bertz CT molecular complexity index is 293. The van der Waals surface area contributed by atoms with Gasteiger partial charge in [-0.15, -0.1) is 11.8 Å². The molecule has 0 aromatic heterocycles. The SMILES string of the molecule is COc1ccc(SCC(C)(C)CO)cc1. The molecule has 0 heterocycles. The van der Waals surface area contributed by atoms with E-state index in [1.54, 1.807) is 18.9 Å². The number of aliphatic hydroxyl groups is 1. The Labute approximate surface area is 95.7 Å². The summed E-state index contributed by atoms with van der Waals surface area (Å²) in [7, 11) is 1.66. The van der Waals surface area contributed by atoms with Crippen LogP contribution in [0.5, 0.6) is 5.75 Å². The number of aliphatic hydroxyl groups excluding tert-OH is 1. The molecule has 0 atom stereocenters. The lowest BCUT2D eigenvalue weighted by Crippen LogP contribution is -2.19. The zero-order chi connectivity index (χ0) is 11.3. The first-order valence-electron chi connectivity index (χ1n) is 4.95. The smallest absolute Gasteiger partial charge is 0.118 e. The molecule has 0 fully saturated rings. The van der Waals surface area contributed by atoms with Gasteiger partial charge in [0.05, 0.1) is 7.11 Å². The van der Waals surface area contributed by atoms with Crippen LogP contribution in [0.25, 0.3) is 0 Å². The van der Waals surface area contributed by atoms with Gasteiger partial charge in [-0.2, -0.15) is 0 Å². The van der Waals surface area contributed by atoms with E-state index in [2.05, 4.69) is 13.8 Å². The van der Waals surface area contributed by atoms with Gasteiger partial charge >= 0.3 is 0 Å². The van der Waals surface area contributed by atoms with E-state index in [-0.39, 0.29) is 12.0 Å². The fraction of sp³-hybridized carbons (Fsp3) is 0.500. The van der Waals surface area contributed by atoms with E-state index in [9.17, 15) is 0 Å². The fourth-order valence-corrected chi connectivity index (χ4v) is 1.97. The van der Waals surface area contributed by atoms with Crippen molar-refractivity contribution >= 4 is 11.8 Å². The van der Waals surface area contributed by atoms with Crippen molar-refractivity contribution < 1.29 is 9.84 Å². The van der Waals surface area contributed by atoms with Crippen LogP contribution in [-0.4, -0.2) is 24.6 Å². The number of hydrogen-bond donors (Lipinski definition) is 1. The van der Waals surface area contributed by atoms with Gasteiger partial charge in [0, 0.05) is 17.3 Å². The predicted octanol–water partition coefficient (Wildman–Crippen LogP) is 2.81. The number of ether oxygens (including phenoxy) is 1. The van der Waals surface area contributed by atoms with Crippen molar-refractivity contribution in [3.05, 3.63) is 24.3 Å². The second-order valence-corrected chi connectivity index (χ2v) is 5.34. The molecule has 3 heteroatoms. The standard InChI is InChI=1S/C12H18O2S/c1-12(2,8-13)9-15-11-6-4-10(14-3)5-7-11/h4-7,13H,8-9H2,1-3H3. The average molecular weight is 226 g/mol. The number of methoxy groups -OCH3 is 1. The van der Waals surface area contributed by atoms with E-state index in [1.165, 1.54) is 4.90 Å². The minimum atomic E-state index is -0.0232. The molecule has 15 heavy (non-hydrogen) atoms. The van der Waals surface area contributed by atoms with Crippen LogP contribution in [0.3, 0.4) is 0 Å². The Hall–Kier alpha value is -0.670. The highest BCUT2D eigenvalue weighted by Gasteiger charge is 2.16. The third-order valence-corrected chi connectivity index (χ3v) is 3.65. The molecule has 0 bridgehead atoms. The van der Waals surface area contributed by atoms with Gasteiger partial charge in [-0.3, -0.25) is 0 Å². The third kappa shape index (κ3) is 4.14. The number of thioether (sulfide) groups is 1. The van der Waals surface area contributed by atoms with Crippen molar-refractivity contribution in [2.45, 2.75) is 18.7 Å². The van der Waals surface area contributed by atoms with Gasteiger partial charge in [0.15, 0.2) is 0 Å². The van der Waals surface area contributed by atoms with E-state index in [0.29, 0.717) is 0 Å². The first-order chi connectivity index (χ1) is 7.07. The van der Waals surface area contributed by atoms with Gasteiger partial charge < -0.3 is 9.84 Å². The number of rotatable bonds is 5. The molecule has 2 nitrogen and oxygen atoms in total. The second kappa shape index (κ2) is 5.42. The van der Waals surface area contributed by atoms with Crippen molar-refractivity contribution in [2.75, 3.05) is 19.5 Å². The molecule has 0 amide bonds. The molecule has 0 spiro atoms. The quantitative estimate of drug-likeness (QED) is 0.783. The van der Waals surface area contributed by atoms with Gasteiger partial charge in [-0.1, -0.05) is 13.8 Å². The predicted molar refractivity (Wildman–Crippen MR) is 64.6 cm³/mol. The molecule has 1 N–H and O–H groups in total. The van der Waals surface area contributed by atoms with Crippen molar-refractivity contribution in [3.63, 3.8) is 0 Å². The van der Waals surface area contributed by atoms with Crippen LogP contribution in [0.2, 0.25) is 0 Å². The Kier molecular flexibility index (Phi) is 4.48. The molecule has 1 rings (SSSR count). The molecule has 84 valence electrons. The Morgan fingerprint density at radius 2 is 1.87 bits per heavy atom. The summed E-state index contributed by atoms with van der Waals surface area (Å²) in [5.74, 6) is 1.79. The van der Waals surface area contributed by atoms with Crippen LogP contribution in [-0.2, 0) is 0 Å². The molecule has 0 aliphatic carbocycles. The minimum absolute atomic E-state index is 0.0232. The zero-order valence-corrected chi connectivity index (χ0v) is 10.3. The van der Waals surface area contributed by atoms with Gasteiger partial charge in [-0.25, -0.2) is 0 Å². The van der Waals surface area contributed by atoms with Gasteiger partial charge in [0.2, 0.25) is 0 Å². The maximum atomic E-state index is 9.12. The second-order valence-electron chi connectivity index (χ2n) is 4.29. The van der Waals surface area contributed by atoms with Crippen molar-refractivity contribution in [3.8, 4) is 5.75 Å². The van der Waals surface area contributed by atoms with E-state index in [0.717, 1.165) is 11.5 Å². The number of hydrogen-bond acceptors (Lipinski definition) is 3. The molecule has 0 aliphatic heterocycles. The van der Waals surface area contributed by atoms with E-state index >= 15 is 0 Å². The zero-order valence-electron chi connectivity index (χ0n) is 9.49. The maximum absolute atomic E-state index is 9.12. The first kappa shape index (κ1) is 12.4. The van der Waals surface area contributed by atoms with Crippen LogP contribution < -0.4 is 4.74 Å². The van der Waals surface area contributed by atoms with E-state index in [1.807, 2.05) is 24.3 Å². The fourth-order valence-electron chi connectivity index (χ4n) is 0.996. The third-order valence-electron chi connectivity index (χ3n) is 2.12. The van der Waals surface area contributed by atoms with Crippen molar-refractivity contribution in [2.24, 2.45) is 5.41 Å². The monoisotopic (exact) mass is 226 g/mol. The van der Waals surface area contributed by atoms with E-state index < -0.39 is 0 Å². The summed E-state index contributed by atoms with van der Waals surface area (Å²) in [6.07, 6.45) is 0. The van der Waals surface area contributed by atoms with Gasteiger partial charge in [0.25, 0.3) is 0 Å². The minimum Gasteiger partial charge on any atom is -0.497 e. The highest BCUT2D eigenvalue weighted by atomic mass is 32.2. The van der Waals surface area contributed by atoms with Gasteiger partial charge in [0.1, 0.15) is 5.75 Å². The molecule has 0 unspecified atom stereocenters. The van der Waals surface area contributed by atoms with Crippen molar-refractivity contribution in [1.82, 2.24) is 0 Å². The highest BCUT2D eigenvalue weighted by Crippen LogP contribution is 2.28. The summed E-state index contributed by atoms with van der Waals surface area (Å²) >= 11 is 1.76. The molecule has 0 radical (unpaired) electrons. The van der Waals surface area contributed by atoms with E-state index in [4.69, 9.17) is 9.84 Å². The lowest BCUT2D eigenvalue weighted by Gasteiger charge is -2.20. The lowest BCUT2D eigenvalue weighted by atomic mass is 9.98. The van der Waals surface area contributed by atoms with Crippen LogP contribution in [0.4, 0.5) is 0 Å². The summed E-state index contributed by atoms with van der Waals surface area (Å²) in [6.45, 7) is 4.34. The van der Waals surface area contributed by atoms with Crippen molar-refractivity contribution in [1.29, 1.82) is 0 Å². The van der Waals surface area contributed by atoms with Crippen LogP contribution >= 0.6 is 11.8 Å². The first-order valence-corrected chi connectivity index (χ1v) is 5.94. The lowest BCUT2D eigenvalue weighted by molar-refractivity contribution is 0.181. The Morgan fingerprint density at radius 3 is 2.33 bits per heavy atom. The summed E-state index contributed by atoms with van der Waals surface area (Å²) in [6, 6.07) is 7.98. The Morgan fingerprint density at radius 1 is 1.27 bits per heavy atom. The van der Waals surface area contributed by atoms with Crippen LogP contribution in [0.1, 0.15) is 13.8 Å². The molecular formula is C12H18O2S. The summed E-state index contributed by atoms with van der Waals surface area (Å²) in [5, 5.41) is 9.12. The normalized spacial score (nSPS) is 11.5. The molecule has 1 aromatic carbocycles. The average Bonchev–Trinajstić information content (AvgIpc) is 2.27. The van der Waals surface area contributed by atoms with Gasteiger partial charge in [-0.05, 0) is 29.7 Å². The highest BCUT2D eigenvalue weighted by molar-refractivity contribution is 7.99. The molecule has 1 aromatic rings. The molecule has 0 aliphatic rings. The molecular weight excluding hydrogens is 208 g/mol. The van der Waals surface area contributed by atoms with Crippen LogP contribution in [0.15, 0.2) is 29.2 Å². The number of benzene rings is 1.